The first-order valence-corrected chi connectivity index (χ1v) is 5.38. The maximum Gasteiger partial charge on any atom is 0.323 e. The second-order valence-electron chi connectivity index (χ2n) is 3.89. The van der Waals surface area contributed by atoms with E-state index in [0.717, 1.165) is 32.4 Å². The zero-order valence-corrected chi connectivity index (χ0v) is 9.03. The largest absolute Gasteiger partial charge is 0.480 e. The van der Waals surface area contributed by atoms with E-state index in [1.54, 1.807) is 4.90 Å². The summed E-state index contributed by atoms with van der Waals surface area (Å²) in [6.07, 6.45) is 3.21. The van der Waals surface area contributed by atoms with Gasteiger partial charge in [-0.15, -0.1) is 0 Å². The molecule has 0 saturated carbocycles. The number of rotatable bonds is 3. The molecule has 1 saturated heterocycles. The topological polar surface area (TPSA) is 69.6 Å². The summed E-state index contributed by atoms with van der Waals surface area (Å²) in [5.74, 6) is -0.291. The van der Waals surface area contributed by atoms with Crippen LogP contribution in [0, 0.1) is 5.92 Å². The van der Waals surface area contributed by atoms with Gasteiger partial charge in [0.15, 0.2) is 0 Å². The summed E-state index contributed by atoms with van der Waals surface area (Å²) in [5, 5.41) is 10.8. The molecule has 1 aliphatic rings. The molecule has 2 N–H and O–H groups in total. The van der Waals surface area contributed by atoms with Gasteiger partial charge in [0, 0.05) is 13.1 Å². The van der Waals surface area contributed by atoms with Gasteiger partial charge in [0.25, 0.3) is 0 Å². The lowest BCUT2D eigenvalue weighted by Gasteiger charge is -2.31. The zero-order chi connectivity index (χ0) is 11.3. The molecule has 0 aromatic heterocycles. The van der Waals surface area contributed by atoms with E-state index >= 15 is 0 Å². The first kappa shape index (κ1) is 11.8. The van der Waals surface area contributed by atoms with Crippen LogP contribution in [0.25, 0.3) is 0 Å². The third-order valence-corrected chi connectivity index (χ3v) is 2.87. The summed E-state index contributed by atoms with van der Waals surface area (Å²) in [5.41, 5.74) is 0. The Bertz CT molecular complexity index is 235. The summed E-state index contributed by atoms with van der Waals surface area (Å²) in [4.78, 5) is 23.4. The van der Waals surface area contributed by atoms with Crippen molar-refractivity contribution in [2.75, 3.05) is 19.6 Å². The Morgan fingerprint density at radius 3 is 2.47 bits per heavy atom. The van der Waals surface area contributed by atoms with E-state index in [4.69, 9.17) is 5.11 Å². The Balaban J connectivity index is 2.27. The van der Waals surface area contributed by atoms with Crippen LogP contribution in [0.5, 0.6) is 0 Å². The quantitative estimate of drug-likeness (QED) is 0.733. The lowest BCUT2D eigenvalue weighted by atomic mass is 9.95. The maximum absolute atomic E-state index is 11.4. The minimum Gasteiger partial charge on any atom is -0.480 e. The standard InChI is InChI=1S/C10H18N2O3/c1-2-8-3-5-12(6-4-8)10(15)11-7-9(13)14/h8H,2-7H2,1H3,(H,11,15)(H,13,14). The number of urea groups is 1. The van der Waals surface area contributed by atoms with Crippen molar-refractivity contribution in [3.63, 3.8) is 0 Å². The Hall–Kier alpha value is -1.26. The highest BCUT2D eigenvalue weighted by molar-refractivity contribution is 5.79. The molecule has 0 unspecified atom stereocenters. The highest BCUT2D eigenvalue weighted by atomic mass is 16.4. The molecule has 0 spiro atoms. The van der Waals surface area contributed by atoms with Crippen LogP contribution in [0.3, 0.4) is 0 Å². The number of hydrogen-bond acceptors (Lipinski definition) is 2. The number of nitrogens with zero attached hydrogens (tertiary/aromatic N) is 1. The summed E-state index contributed by atoms with van der Waals surface area (Å²) < 4.78 is 0. The third-order valence-electron chi connectivity index (χ3n) is 2.87. The number of carbonyl (C=O) groups is 2. The molecule has 5 heteroatoms. The smallest absolute Gasteiger partial charge is 0.323 e. The van der Waals surface area contributed by atoms with Gasteiger partial charge in [0.05, 0.1) is 0 Å². The van der Waals surface area contributed by atoms with Gasteiger partial charge in [-0.05, 0) is 18.8 Å². The molecule has 0 radical (unpaired) electrons. The van der Waals surface area contributed by atoms with Crippen LogP contribution in [-0.2, 0) is 4.79 Å². The molecule has 2 amide bonds. The zero-order valence-electron chi connectivity index (χ0n) is 9.03. The van der Waals surface area contributed by atoms with E-state index < -0.39 is 5.97 Å². The van der Waals surface area contributed by atoms with E-state index in [0.29, 0.717) is 5.92 Å². The molecule has 5 nitrogen and oxygen atoms in total. The number of piperidine rings is 1. The molecule has 86 valence electrons. The van der Waals surface area contributed by atoms with Gasteiger partial charge in [-0.3, -0.25) is 4.79 Å². The van der Waals surface area contributed by atoms with Crippen LogP contribution in [-0.4, -0.2) is 41.6 Å². The van der Waals surface area contributed by atoms with E-state index in [-0.39, 0.29) is 12.6 Å². The molecule has 1 aliphatic heterocycles. The number of hydrogen-bond donors (Lipinski definition) is 2. The van der Waals surface area contributed by atoms with Crippen molar-refractivity contribution in [1.82, 2.24) is 10.2 Å². The maximum atomic E-state index is 11.4. The first-order chi connectivity index (χ1) is 7.13. The minimum atomic E-state index is -1.01. The second-order valence-corrected chi connectivity index (χ2v) is 3.89. The summed E-state index contributed by atoms with van der Waals surface area (Å²) >= 11 is 0. The van der Waals surface area contributed by atoms with E-state index in [1.165, 1.54) is 0 Å². The average molecular weight is 214 g/mol. The van der Waals surface area contributed by atoms with Crippen molar-refractivity contribution in [2.45, 2.75) is 26.2 Å². The fraction of sp³-hybridized carbons (Fsp3) is 0.800. The lowest BCUT2D eigenvalue weighted by Crippen LogP contribution is -2.45. The average Bonchev–Trinajstić information content (AvgIpc) is 2.26. The van der Waals surface area contributed by atoms with Gasteiger partial charge in [0.1, 0.15) is 6.54 Å². The van der Waals surface area contributed by atoms with Gasteiger partial charge in [-0.2, -0.15) is 0 Å². The molecular weight excluding hydrogens is 196 g/mol. The minimum absolute atomic E-state index is 0.257. The van der Waals surface area contributed by atoms with Gasteiger partial charge >= 0.3 is 12.0 Å². The van der Waals surface area contributed by atoms with Crippen molar-refractivity contribution in [3.05, 3.63) is 0 Å². The van der Waals surface area contributed by atoms with E-state index in [9.17, 15) is 9.59 Å². The molecule has 0 bridgehead atoms. The van der Waals surface area contributed by atoms with Gasteiger partial charge in [-0.25, -0.2) is 4.79 Å². The fourth-order valence-electron chi connectivity index (χ4n) is 1.81. The number of amides is 2. The monoisotopic (exact) mass is 214 g/mol. The molecule has 0 aromatic rings. The van der Waals surface area contributed by atoms with E-state index in [2.05, 4.69) is 12.2 Å². The fourth-order valence-corrected chi connectivity index (χ4v) is 1.81. The number of nitrogens with one attached hydrogen (secondary N) is 1. The summed E-state index contributed by atoms with van der Waals surface area (Å²) in [6, 6.07) is -0.257. The molecule has 1 heterocycles. The molecule has 0 aromatic carbocycles. The molecule has 0 atom stereocenters. The molecular formula is C10H18N2O3. The van der Waals surface area contributed by atoms with Crippen molar-refractivity contribution in [1.29, 1.82) is 0 Å². The Kier molecular flexibility index (Phi) is 4.39. The van der Waals surface area contributed by atoms with Crippen molar-refractivity contribution in [3.8, 4) is 0 Å². The molecule has 0 aliphatic carbocycles. The third kappa shape index (κ3) is 3.77. The van der Waals surface area contributed by atoms with Crippen LogP contribution in [0.4, 0.5) is 4.79 Å². The van der Waals surface area contributed by atoms with Crippen molar-refractivity contribution >= 4 is 12.0 Å². The second kappa shape index (κ2) is 5.58. The summed E-state index contributed by atoms with van der Waals surface area (Å²) in [6.45, 7) is 3.34. The predicted molar refractivity (Wildman–Crippen MR) is 55.6 cm³/mol. The van der Waals surface area contributed by atoms with Gasteiger partial charge in [-0.1, -0.05) is 13.3 Å². The summed E-state index contributed by atoms with van der Waals surface area (Å²) in [7, 11) is 0. The Labute approximate surface area is 89.4 Å². The number of aliphatic carboxylic acids is 1. The molecule has 15 heavy (non-hydrogen) atoms. The van der Waals surface area contributed by atoms with Crippen LogP contribution < -0.4 is 5.32 Å². The van der Waals surface area contributed by atoms with Crippen molar-refractivity contribution in [2.24, 2.45) is 5.92 Å². The van der Waals surface area contributed by atoms with Gasteiger partial charge in [0.2, 0.25) is 0 Å². The SMILES string of the molecule is CCC1CCN(C(=O)NCC(=O)O)CC1. The van der Waals surface area contributed by atoms with Crippen molar-refractivity contribution < 1.29 is 14.7 Å². The number of carboxylic acids is 1. The predicted octanol–water partition coefficient (Wildman–Crippen LogP) is 0.903. The Morgan fingerprint density at radius 2 is 2.00 bits per heavy atom. The van der Waals surface area contributed by atoms with Crippen LogP contribution >= 0.6 is 0 Å². The van der Waals surface area contributed by atoms with Crippen LogP contribution in [0.15, 0.2) is 0 Å². The van der Waals surface area contributed by atoms with Crippen LogP contribution in [0.2, 0.25) is 0 Å². The molecule has 1 fully saturated rings. The normalized spacial score (nSPS) is 17.5. The first-order valence-electron chi connectivity index (χ1n) is 5.38. The number of carboxylic acid groups (broad SMARTS) is 1. The molecule has 1 rings (SSSR count). The van der Waals surface area contributed by atoms with Crippen LogP contribution in [0.1, 0.15) is 26.2 Å². The van der Waals surface area contributed by atoms with Gasteiger partial charge < -0.3 is 15.3 Å². The Morgan fingerprint density at radius 1 is 1.40 bits per heavy atom. The number of carbonyl (C=O) groups excluding carboxylic acids is 1. The lowest BCUT2D eigenvalue weighted by molar-refractivity contribution is -0.135. The number of likely N-dealkylation sites (tertiary alicyclic amines) is 1. The van der Waals surface area contributed by atoms with E-state index in [1.807, 2.05) is 0 Å². The highest BCUT2D eigenvalue weighted by Gasteiger charge is 2.21. The highest BCUT2D eigenvalue weighted by Crippen LogP contribution is 2.19.